The summed E-state index contributed by atoms with van der Waals surface area (Å²) in [6, 6.07) is 16.3. The summed E-state index contributed by atoms with van der Waals surface area (Å²) in [5.74, 6) is -2.56. The van der Waals surface area contributed by atoms with Crippen LogP contribution in [0.4, 0.5) is 8.78 Å². The minimum atomic E-state index is -0.966. The van der Waals surface area contributed by atoms with Gasteiger partial charge in [-0.1, -0.05) is 30.3 Å². The van der Waals surface area contributed by atoms with Gasteiger partial charge in [-0.3, -0.25) is 4.79 Å². The first-order valence-electron chi connectivity index (χ1n) is 9.18. The number of amides is 1. The van der Waals surface area contributed by atoms with Crippen molar-refractivity contribution in [2.75, 3.05) is 20.2 Å². The molecule has 6 heteroatoms. The maximum Gasteiger partial charge on any atom is 0.254 e. The minimum absolute atomic E-state index is 0.154. The number of rotatable bonds is 6. The number of halogens is 2. The van der Waals surface area contributed by atoms with Gasteiger partial charge in [0.25, 0.3) is 5.91 Å². The summed E-state index contributed by atoms with van der Waals surface area (Å²) in [5.41, 5.74) is 1.29. The summed E-state index contributed by atoms with van der Waals surface area (Å²) in [5, 5.41) is 20.2. The smallest absolute Gasteiger partial charge is 0.254 e. The molecule has 1 unspecified atom stereocenters. The summed E-state index contributed by atoms with van der Waals surface area (Å²) in [7, 11) is 1.61. The number of nitriles is 1. The van der Waals surface area contributed by atoms with Gasteiger partial charge >= 0.3 is 0 Å². The van der Waals surface area contributed by atoms with Gasteiger partial charge in [0.1, 0.15) is 0 Å². The number of carbonyl (C=O) groups is 1. The maximum atomic E-state index is 13.7. The largest absolute Gasteiger partial charge is 0.396 e. The molecule has 1 N–H and O–H groups in total. The monoisotopic (exact) mass is 394 g/mol. The number of hydrogen-bond donors (Lipinski definition) is 1. The third-order valence-electron chi connectivity index (χ3n) is 4.95. The lowest BCUT2D eigenvalue weighted by Crippen LogP contribution is -2.31. The topological polar surface area (TPSA) is 64.3 Å². The van der Waals surface area contributed by atoms with E-state index < -0.39 is 11.6 Å². The van der Waals surface area contributed by atoms with Crippen LogP contribution in [0.1, 0.15) is 33.8 Å². The van der Waals surface area contributed by atoms with Crippen LogP contribution >= 0.6 is 0 Å². The Labute approximate surface area is 167 Å². The molecule has 3 aromatic rings. The van der Waals surface area contributed by atoms with Gasteiger partial charge in [-0.25, -0.2) is 8.78 Å². The molecule has 0 saturated carbocycles. The predicted molar refractivity (Wildman–Crippen MR) is 106 cm³/mol. The molecule has 0 radical (unpaired) electrons. The molecule has 0 heterocycles. The Bertz CT molecular complexity index is 1090. The third kappa shape index (κ3) is 4.41. The second-order valence-corrected chi connectivity index (χ2v) is 6.93. The number of aliphatic hydroxyl groups is 1. The lowest BCUT2D eigenvalue weighted by molar-refractivity contribution is 0.0783. The van der Waals surface area contributed by atoms with Gasteiger partial charge in [0.15, 0.2) is 11.6 Å². The zero-order valence-electron chi connectivity index (χ0n) is 15.9. The van der Waals surface area contributed by atoms with Gasteiger partial charge < -0.3 is 10.0 Å². The molecule has 0 saturated heterocycles. The SMILES string of the molecule is CN(CC(CCO)c1ccc(F)c(F)c1)C(=O)c1cc(C#N)cc2ccccc12. The number of fused-ring (bicyclic) bond motifs is 1. The molecule has 29 heavy (non-hydrogen) atoms. The van der Waals surface area contributed by atoms with E-state index in [0.717, 1.165) is 22.9 Å². The standard InChI is InChI=1S/C23H20F2N2O2/c1-27(14-18(8-9-28)16-6-7-21(24)22(25)12-16)23(29)20-11-15(13-26)10-17-4-2-3-5-19(17)20/h2-7,10-12,18,28H,8-9,14H2,1H3. The number of hydrogen-bond acceptors (Lipinski definition) is 3. The fourth-order valence-corrected chi connectivity index (χ4v) is 3.46. The molecule has 0 aromatic heterocycles. The molecule has 3 rings (SSSR count). The Morgan fingerprint density at radius 3 is 2.59 bits per heavy atom. The van der Waals surface area contributed by atoms with E-state index in [2.05, 4.69) is 6.07 Å². The molecule has 0 spiro atoms. The van der Waals surface area contributed by atoms with Gasteiger partial charge in [0.05, 0.1) is 11.6 Å². The van der Waals surface area contributed by atoms with Crippen molar-refractivity contribution in [2.24, 2.45) is 0 Å². The minimum Gasteiger partial charge on any atom is -0.396 e. The molecule has 3 aromatic carbocycles. The van der Waals surface area contributed by atoms with Gasteiger partial charge in [0, 0.05) is 31.7 Å². The highest BCUT2D eigenvalue weighted by Gasteiger charge is 2.21. The molecule has 1 atom stereocenters. The van der Waals surface area contributed by atoms with Crippen LogP contribution < -0.4 is 0 Å². The van der Waals surface area contributed by atoms with E-state index in [1.165, 1.54) is 11.0 Å². The van der Waals surface area contributed by atoms with Gasteiger partial charge in [-0.05, 0) is 47.0 Å². The summed E-state index contributed by atoms with van der Waals surface area (Å²) < 4.78 is 26.9. The summed E-state index contributed by atoms with van der Waals surface area (Å²) in [4.78, 5) is 14.6. The third-order valence-corrected chi connectivity index (χ3v) is 4.95. The number of nitrogens with zero attached hydrogens (tertiary/aromatic N) is 2. The van der Waals surface area contributed by atoms with Crippen molar-refractivity contribution in [1.29, 1.82) is 5.26 Å². The Morgan fingerprint density at radius 1 is 1.14 bits per heavy atom. The predicted octanol–water partition coefficient (Wildman–Crippen LogP) is 4.23. The first-order chi connectivity index (χ1) is 13.9. The van der Waals surface area contributed by atoms with Crippen molar-refractivity contribution in [3.63, 3.8) is 0 Å². The van der Waals surface area contributed by atoms with E-state index in [9.17, 15) is 23.9 Å². The number of carbonyl (C=O) groups excluding carboxylic acids is 1. The molecule has 0 aliphatic carbocycles. The highest BCUT2D eigenvalue weighted by molar-refractivity contribution is 6.07. The van der Waals surface area contributed by atoms with Gasteiger partial charge in [-0.15, -0.1) is 0 Å². The van der Waals surface area contributed by atoms with Crippen LogP contribution in [-0.2, 0) is 0 Å². The van der Waals surface area contributed by atoms with Crippen LogP contribution in [0.25, 0.3) is 10.8 Å². The maximum absolute atomic E-state index is 13.7. The molecule has 0 aliphatic heterocycles. The molecular weight excluding hydrogens is 374 g/mol. The van der Waals surface area contributed by atoms with Crippen LogP contribution in [0.5, 0.6) is 0 Å². The van der Waals surface area contributed by atoms with Crippen molar-refractivity contribution >= 4 is 16.7 Å². The van der Waals surface area contributed by atoms with Crippen LogP contribution in [0, 0.1) is 23.0 Å². The highest BCUT2D eigenvalue weighted by Crippen LogP contribution is 2.26. The molecule has 4 nitrogen and oxygen atoms in total. The van der Waals surface area contributed by atoms with Crippen LogP contribution in [0.15, 0.2) is 54.6 Å². The van der Waals surface area contributed by atoms with E-state index in [0.29, 0.717) is 23.1 Å². The van der Waals surface area contributed by atoms with Crippen LogP contribution in [0.2, 0.25) is 0 Å². The average Bonchev–Trinajstić information content (AvgIpc) is 2.73. The Morgan fingerprint density at radius 2 is 1.90 bits per heavy atom. The quantitative estimate of drug-likeness (QED) is 0.681. The second kappa shape index (κ2) is 8.80. The van der Waals surface area contributed by atoms with Crippen LogP contribution in [0.3, 0.4) is 0 Å². The Kier molecular flexibility index (Phi) is 6.20. The van der Waals surface area contributed by atoms with Crippen molar-refractivity contribution in [1.82, 2.24) is 4.90 Å². The first kappa shape index (κ1) is 20.4. The van der Waals surface area contributed by atoms with Crippen molar-refractivity contribution < 1.29 is 18.7 Å². The lowest BCUT2D eigenvalue weighted by Gasteiger charge is -2.25. The molecule has 148 valence electrons. The zero-order chi connectivity index (χ0) is 21.0. The van der Waals surface area contributed by atoms with Crippen molar-refractivity contribution in [3.8, 4) is 6.07 Å². The van der Waals surface area contributed by atoms with E-state index in [1.54, 1.807) is 19.2 Å². The fourth-order valence-electron chi connectivity index (χ4n) is 3.46. The number of aliphatic hydroxyl groups excluding tert-OH is 1. The Balaban J connectivity index is 1.92. The average molecular weight is 394 g/mol. The summed E-state index contributed by atoms with van der Waals surface area (Å²) in [6.45, 7) is 0.0497. The fraction of sp³-hybridized carbons (Fsp3) is 0.217. The van der Waals surface area contributed by atoms with Crippen molar-refractivity contribution in [2.45, 2.75) is 12.3 Å². The molecular formula is C23H20F2N2O2. The van der Waals surface area contributed by atoms with Gasteiger partial charge in [0.2, 0.25) is 0 Å². The van der Waals surface area contributed by atoms with E-state index in [1.807, 2.05) is 24.3 Å². The van der Waals surface area contributed by atoms with E-state index in [4.69, 9.17) is 0 Å². The summed E-state index contributed by atoms with van der Waals surface area (Å²) >= 11 is 0. The van der Waals surface area contributed by atoms with Gasteiger partial charge in [-0.2, -0.15) is 5.26 Å². The second-order valence-electron chi connectivity index (χ2n) is 6.93. The highest BCUT2D eigenvalue weighted by atomic mass is 19.2. The molecule has 0 fully saturated rings. The number of benzene rings is 3. The normalized spacial score (nSPS) is 11.8. The van der Waals surface area contributed by atoms with E-state index in [-0.39, 0.29) is 25.0 Å². The molecule has 0 bridgehead atoms. The first-order valence-corrected chi connectivity index (χ1v) is 9.18. The molecule has 0 aliphatic rings. The van der Waals surface area contributed by atoms with Crippen molar-refractivity contribution in [3.05, 3.63) is 82.9 Å². The van der Waals surface area contributed by atoms with Crippen LogP contribution in [-0.4, -0.2) is 36.1 Å². The lowest BCUT2D eigenvalue weighted by atomic mass is 9.94. The zero-order valence-corrected chi connectivity index (χ0v) is 15.9. The summed E-state index contributed by atoms with van der Waals surface area (Å²) in [6.07, 6.45) is 0.293. The Hall–Kier alpha value is -3.30. The van der Waals surface area contributed by atoms with E-state index >= 15 is 0 Å². The number of likely N-dealkylation sites (N-methyl/N-ethyl adjacent to an activating group) is 1. The molecule has 1 amide bonds.